The Hall–Kier alpha value is -5.27. The van der Waals surface area contributed by atoms with Crippen LogP contribution in [0.2, 0.25) is 0 Å². The monoisotopic (exact) mass is 664 g/mol. The van der Waals surface area contributed by atoms with Gasteiger partial charge in [0, 0.05) is 59.9 Å². The number of aliphatic hydroxyl groups excluding tert-OH is 1. The summed E-state index contributed by atoms with van der Waals surface area (Å²) in [5, 5.41) is 25.0. The van der Waals surface area contributed by atoms with Crippen LogP contribution in [-0.4, -0.2) is 79.0 Å². The molecule has 5 heterocycles. The first-order chi connectivity index (χ1) is 23.3. The molecule has 0 bridgehead atoms. The van der Waals surface area contributed by atoms with Gasteiger partial charge in [-0.25, -0.2) is 14.5 Å². The molecular formula is C36H37FN8O4. The van der Waals surface area contributed by atoms with Crippen LogP contribution in [0.1, 0.15) is 47.8 Å². The van der Waals surface area contributed by atoms with Gasteiger partial charge < -0.3 is 20.2 Å². The van der Waals surface area contributed by atoms with Gasteiger partial charge in [-0.05, 0) is 55.3 Å². The van der Waals surface area contributed by atoms with Crippen molar-refractivity contribution in [3.63, 3.8) is 0 Å². The lowest BCUT2D eigenvalue weighted by Crippen LogP contribution is -2.72. The summed E-state index contributed by atoms with van der Waals surface area (Å²) >= 11 is 0. The number of aliphatic hydroxyl groups is 1. The van der Waals surface area contributed by atoms with E-state index in [0.29, 0.717) is 39.2 Å². The van der Waals surface area contributed by atoms with Gasteiger partial charge in [-0.3, -0.25) is 14.4 Å². The molecule has 0 aliphatic carbocycles. The Morgan fingerprint density at radius 3 is 2.49 bits per heavy atom. The predicted octanol–water partition coefficient (Wildman–Crippen LogP) is 3.90. The number of pyridine rings is 1. The second-order valence-corrected chi connectivity index (χ2v) is 14.3. The highest BCUT2D eigenvalue weighted by molar-refractivity contribution is 5.95. The molecule has 13 heteroatoms. The summed E-state index contributed by atoms with van der Waals surface area (Å²) in [5.41, 5.74) is 1.86. The van der Waals surface area contributed by atoms with Crippen LogP contribution in [0, 0.1) is 18.2 Å². The highest BCUT2D eigenvalue weighted by atomic mass is 19.1. The number of fused-ring (bicyclic) bond motifs is 1. The third-order valence-electron chi connectivity index (χ3n) is 9.54. The molecule has 3 N–H and O–H groups in total. The maximum Gasteiger partial charge on any atom is 0.288 e. The van der Waals surface area contributed by atoms with Crippen molar-refractivity contribution in [1.29, 1.82) is 0 Å². The lowest BCUT2D eigenvalue weighted by Gasteiger charge is -2.59. The number of nitrogens with one attached hydrogen (secondary N) is 2. The SMILES string of the molecule is Cc1c(-c2cccc(-n3ncc4cc(C(C)(C)C)cc(F)c4c3=O)c2CO)n[nH]c(=O)c1Nc1ccc(C(=O)N2CC3(CN(C)C3)C2)cn1. The largest absolute Gasteiger partial charge is 0.392 e. The van der Waals surface area contributed by atoms with Crippen molar-refractivity contribution >= 4 is 28.2 Å². The van der Waals surface area contributed by atoms with E-state index in [9.17, 15) is 19.5 Å². The lowest BCUT2D eigenvalue weighted by molar-refractivity contribution is -0.0872. The molecule has 2 aliphatic heterocycles. The molecule has 0 saturated carbocycles. The molecule has 1 spiro atoms. The molecule has 0 atom stereocenters. The Morgan fingerprint density at radius 1 is 1.08 bits per heavy atom. The minimum Gasteiger partial charge on any atom is -0.392 e. The highest BCUT2D eigenvalue weighted by Gasteiger charge is 2.51. The van der Waals surface area contributed by atoms with Gasteiger partial charge in [0.05, 0.1) is 35.1 Å². The van der Waals surface area contributed by atoms with Gasteiger partial charge in [0.15, 0.2) is 0 Å². The third-order valence-corrected chi connectivity index (χ3v) is 9.54. The Bertz CT molecular complexity index is 2240. The summed E-state index contributed by atoms with van der Waals surface area (Å²) < 4.78 is 16.4. The minimum atomic E-state index is -0.673. The second kappa shape index (κ2) is 11.7. The molecule has 0 unspecified atom stereocenters. The Balaban J connectivity index is 1.19. The number of benzene rings is 2. The molecule has 5 aromatic rings. The van der Waals surface area contributed by atoms with E-state index in [2.05, 4.69) is 37.5 Å². The summed E-state index contributed by atoms with van der Waals surface area (Å²) in [6.07, 6.45) is 2.93. The Kier molecular flexibility index (Phi) is 7.71. The van der Waals surface area contributed by atoms with Crippen LogP contribution in [0.3, 0.4) is 0 Å². The van der Waals surface area contributed by atoms with Crippen LogP contribution < -0.4 is 16.4 Å². The van der Waals surface area contributed by atoms with Crippen LogP contribution in [0.15, 0.2) is 64.4 Å². The number of anilines is 2. The Morgan fingerprint density at radius 2 is 1.84 bits per heavy atom. The number of rotatable bonds is 6. The average Bonchev–Trinajstić information content (AvgIpc) is 3.03. The average molecular weight is 665 g/mol. The normalized spacial score (nSPS) is 15.7. The van der Waals surface area contributed by atoms with Gasteiger partial charge >= 0.3 is 0 Å². The van der Waals surface area contributed by atoms with Crippen LogP contribution in [0.5, 0.6) is 0 Å². The van der Waals surface area contributed by atoms with Crippen molar-refractivity contribution in [3.8, 4) is 16.9 Å². The molecule has 2 aliphatic rings. The summed E-state index contributed by atoms with van der Waals surface area (Å²) in [6, 6.07) is 11.4. The number of likely N-dealkylation sites (tertiary alicyclic amines) is 2. The molecule has 1 amide bonds. The van der Waals surface area contributed by atoms with Gasteiger partial charge in [0.2, 0.25) is 0 Å². The first-order valence-electron chi connectivity index (χ1n) is 16.0. The molecule has 12 nitrogen and oxygen atoms in total. The number of carbonyl (C=O) groups is 1. The van der Waals surface area contributed by atoms with Gasteiger partial charge in [-0.2, -0.15) is 14.9 Å². The van der Waals surface area contributed by atoms with E-state index in [1.165, 1.54) is 18.5 Å². The van der Waals surface area contributed by atoms with Crippen LogP contribution >= 0.6 is 0 Å². The molecule has 0 radical (unpaired) electrons. The standard InChI is InChI=1S/C36H37FN8O4/c1-20-30(41-42-32(47)31(20)40-28-10-9-21(13-38-28)33(48)44-18-36(19-44)16-43(5)17-36)24-7-6-8-27(25(24)15-46)45-34(49)29-22(14-39-45)11-23(12-26(29)37)35(2,3)4/h6-14,46H,15-19H2,1-5H3,(H,42,47)(H,38,40,41). The quantitative estimate of drug-likeness (QED) is 0.246. The first-order valence-corrected chi connectivity index (χ1v) is 16.0. The lowest BCUT2D eigenvalue weighted by atomic mass is 9.73. The molecule has 2 fully saturated rings. The number of carbonyl (C=O) groups excluding carboxylic acids is 1. The number of nitrogens with zero attached hydrogens (tertiary/aromatic N) is 6. The number of hydrogen-bond acceptors (Lipinski definition) is 9. The van der Waals surface area contributed by atoms with E-state index < -0.39 is 23.5 Å². The maximum absolute atomic E-state index is 15.4. The van der Waals surface area contributed by atoms with Crippen molar-refractivity contribution < 1.29 is 14.3 Å². The summed E-state index contributed by atoms with van der Waals surface area (Å²) in [7, 11) is 2.07. The maximum atomic E-state index is 15.4. The van der Waals surface area contributed by atoms with Gasteiger partial charge in [-0.15, -0.1) is 0 Å². The molecule has 252 valence electrons. The van der Waals surface area contributed by atoms with Crippen molar-refractivity contribution in [2.75, 3.05) is 38.5 Å². The fourth-order valence-electron chi connectivity index (χ4n) is 7.06. The van der Waals surface area contributed by atoms with Gasteiger partial charge in [0.1, 0.15) is 17.3 Å². The molecule has 49 heavy (non-hydrogen) atoms. The number of H-pyrrole nitrogens is 1. The van der Waals surface area contributed by atoms with E-state index in [-0.39, 0.29) is 33.5 Å². The van der Waals surface area contributed by atoms with Crippen LogP contribution in [0.25, 0.3) is 27.7 Å². The predicted molar refractivity (Wildman–Crippen MR) is 184 cm³/mol. The molecule has 2 aromatic carbocycles. The van der Waals surface area contributed by atoms with Crippen molar-refractivity contribution in [1.82, 2.24) is 34.8 Å². The van der Waals surface area contributed by atoms with Gasteiger partial charge in [-0.1, -0.05) is 32.9 Å². The van der Waals surface area contributed by atoms with E-state index >= 15 is 4.39 Å². The van der Waals surface area contributed by atoms with Crippen molar-refractivity contribution in [2.45, 2.75) is 39.7 Å². The zero-order valence-corrected chi connectivity index (χ0v) is 28.0. The van der Waals surface area contributed by atoms with E-state index in [1.54, 1.807) is 43.3 Å². The smallest absolute Gasteiger partial charge is 0.288 e. The summed E-state index contributed by atoms with van der Waals surface area (Å²) in [4.78, 5) is 48.1. The molecule has 3 aromatic heterocycles. The zero-order chi connectivity index (χ0) is 34.8. The van der Waals surface area contributed by atoms with Crippen LogP contribution in [-0.2, 0) is 12.0 Å². The summed E-state index contributed by atoms with van der Waals surface area (Å²) in [5.74, 6) is -0.378. The topological polar surface area (TPSA) is 149 Å². The van der Waals surface area contributed by atoms with E-state index in [4.69, 9.17) is 0 Å². The number of aromatic amines is 1. The Labute approximate surface area is 281 Å². The summed E-state index contributed by atoms with van der Waals surface area (Å²) in [6.45, 7) is 10.6. The second-order valence-electron chi connectivity index (χ2n) is 14.3. The van der Waals surface area contributed by atoms with Crippen LogP contribution in [0.4, 0.5) is 15.9 Å². The molecular weight excluding hydrogens is 627 g/mol. The first kappa shape index (κ1) is 32.3. The van der Waals surface area contributed by atoms with Crippen molar-refractivity contribution in [3.05, 3.63) is 104 Å². The number of halogens is 1. The fraction of sp³-hybridized carbons (Fsp3) is 0.333. The van der Waals surface area contributed by atoms with E-state index in [0.717, 1.165) is 36.4 Å². The zero-order valence-electron chi connectivity index (χ0n) is 28.0. The van der Waals surface area contributed by atoms with E-state index in [1.807, 2.05) is 25.7 Å². The number of aromatic nitrogens is 5. The fourth-order valence-corrected chi connectivity index (χ4v) is 7.06. The minimum absolute atomic E-state index is 0.0757. The highest BCUT2D eigenvalue weighted by Crippen LogP contribution is 2.39. The molecule has 2 saturated heterocycles. The number of hydrogen-bond donors (Lipinski definition) is 3. The van der Waals surface area contributed by atoms with Gasteiger partial charge in [0.25, 0.3) is 17.0 Å². The third kappa shape index (κ3) is 5.58. The number of amides is 1. The van der Waals surface area contributed by atoms with Crippen molar-refractivity contribution in [2.24, 2.45) is 5.41 Å². The molecule has 7 rings (SSSR count).